The monoisotopic (exact) mass is 411 g/mol. The number of nitrogens with zero attached hydrogens (tertiary/aromatic N) is 2. The summed E-state index contributed by atoms with van der Waals surface area (Å²) in [7, 11) is 1.15. The number of nitrogens with one attached hydrogen (secondary N) is 1. The molecule has 7 nitrogen and oxygen atoms in total. The van der Waals surface area contributed by atoms with E-state index in [-0.39, 0.29) is 17.8 Å². The van der Waals surface area contributed by atoms with E-state index in [0.717, 1.165) is 23.9 Å². The van der Waals surface area contributed by atoms with Gasteiger partial charge in [-0.05, 0) is 32.4 Å². The summed E-state index contributed by atoms with van der Waals surface area (Å²) < 4.78 is 45.6. The van der Waals surface area contributed by atoms with Gasteiger partial charge in [0, 0.05) is 11.8 Å². The van der Waals surface area contributed by atoms with Crippen molar-refractivity contribution in [3.8, 4) is 5.69 Å². The van der Waals surface area contributed by atoms with E-state index in [9.17, 15) is 27.6 Å². The number of rotatable bonds is 5. The number of methoxy groups -OCH3 is 1. The number of benzene rings is 1. The molecule has 156 valence electrons. The molecule has 0 aliphatic heterocycles. The number of aromatic nitrogens is 2. The lowest BCUT2D eigenvalue weighted by Gasteiger charge is -2.26. The van der Waals surface area contributed by atoms with Crippen molar-refractivity contribution < 1.29 is 27.5 Å². The predicted octanol–water partition coefficient (Wildman–Crippen LogP) is 2.63. The summed E-state index contributed by atoms with van der Waals surface area (Å²) in [6.45, 7) is 4.42. The number of hydrogen-bond donors (Lipinski definition) is 1. The molecule has 0 bridgehead atoms. The molecule has 1 unspecified atom stereocenters. The minimum absolute atomic E-state index is 0.106. The molecule has 1 aromatic heterocycles. The van der Waals surface area contributed by atoms with Crippen LogP contribution in [-0.4, -0.2) is 34.3 Å². The smallest absolute Gasteiger partial charge is 0.418 e. The first kappa shape index (κ1) is 22.1. The van der Waals surface area contributed by atoms with Gasteiger partial charge in [-0.2, -0.15) is 18.3 Å². The van der Waals surface area contributed by atoms with E-state index in [0.29, 0.717) is 0 Å². The van der Waals surface area contributed by atoms with Crippen LogP contribution in [0, 0.1) is 6.92 Å². The summed E-state index contributed by atoms with van der Waals surface area (Å²) in [5.41, 5.74) is -4.06. The first-order valence-electron chi connectivity index (χ1n) is 8.63. The average molecular weight is 411 g/mol. The topological polar surface area (TPSA) is 90.3 Å². The highest BCUT2D eigenvalue weighted by Gasteiger charge is 2.36. The van der Waals surface area contributed by atoms with E-state index in [1.54, 1.807) is 6.92 Å². The van der Waals surface area contributed by atoms with Crippen molar-refractivity contribution in [3.63, 3.8) is 0 Å². The quantitative estimate of drug-likeness (QED) is 0.764. The lowest BCUT2D eigenvalue weighted by atomic mass is 9.99. The average Bonchev–Trinajstić information content (AvgIpc) is 2.66. The molecule has 1 N–H and O–H groups in total. The third-order valence-electron chi connectivity index (χ3n) is 4.49. The Hall–Kier alpha value is -3.17. The van der Waals surface area contributed by atoms with Gasteiger partial charge in [0.05, 0.1) is 18.4 Å². The Balaban J connectivity index is 2.58. The van der Waals surface area contributed by atoms with Crippen LogP contribution in [-0.2, 0) is 15.7 Å². The van der Waals surface area contributed by atoms with Crippen LogP contribution < -0.4 is 10.7 Å². The predicted molar refractivity (Wildman–Crippen MR) is 97.8 cm³/mol. The van der Waals surface area contributed by atoms with Crippen LogP contribution in [0.2, 0.25) is 0 Å². The van der Waals surface area contributed by atoms with Gasteiger partial charge in [0.15, 0.2) is 5.69 Å². The molecule has 0 spiro atoms. The maximum Gasteiger partial charge on any atom is 0.418 e. The van der Waals surface area contributed by atoms with Crippen LogP contribution in [0.15, 0.2) is 35.1 Å². The normalized spacial score (nSPS) is 13.5. The Bertz CT molecular complexity index is 1000. The first-order chi connectivity index (χ1) is 13.4. The van der Waals surface area contributed by atoms with Gasteiger partial charge in [-0.1, -0.05) is 19.1 Å². The zero-order chi connectivity index (χ0) is 22.0. The molecule has 0 aliphatic carbocycles. The lowest BCUT2D eigenvalue weighted by Crippen LogP contribution is -2.53. The Morgan fingerprint density at radius 1 is 1.24 bits per heavy atom. The molecule has 2 rings (SSSR count). The summed E-state index contributed by atoms with van der Waals surface area (Å²) >= 11 is 0. The maximum atomic E-state index is 13.4. The van der Waals surface area contributed by atoms with Crippen molar-refractivity contribution in [1.29, 1.82) is 0 Å². The van der Waals surface area contributed by atoms with Crippen LogP contribution in [0.4, 0.5) is 13.2 Å². The van der Waals surface area contributed by atoms with E-state index in [2.05, 4.69) is 15.2 Å². The molecule has 1 atom stereocenters. The molecule has 29 heavy (non-hydrogen) atoms. The van der Waals surface area contributed by atoms with Gasteiger partial charge in [-0.3, -0.25) is 9.59 Å². The number of carbonyl (C=O) groups excluding carboxylic acids is 2. The van der Waals surface area contributed by atoms with Crippen LogP contribution in [0.1, 0.15) is 42.0 Å². The Morgan fingerprint density at radius 3 is 2.41 bits per heavy atom. The number of amides is 1. The van der Waals surface area contributed by atoms with Gasteiger partial charge in [-0.25, -0.2) is 9.48 Å². The first-order valence-corrected chi connectivity index (χ1v) is 8.63. The summed E-state index contributed by atoms with van der Waals surface area (Å²) in [5, 5.41) is 6.24. The second-order valence-corrected chi connectivity index (χ2v) is 6.56. The third-order valence-corrected chi connectivity index (χ3v) is 4.49. The highest BCUT2D eigenvalue weighted by Crippen LogP contribution is 2.33. The molecular weight excluding hydrogens is 391 g/mol. The second-order valence-electron chi connectivity index (χ2n) is 6.56. The fraction of sp³-hybridized carbons (Fsp3) is 0.368. The highest BCUT2D eigenvalue weighted by atomic mass is 19.4. The number of para-hydroxylation sites is 1. The van der Waals surface area contributed by atoms with Crippen molar-refractivity contribution >= 4 is 11.9 Å². The van der Waals surface area contributed by atoms with Gasteiger partial charge in [-0.15, -0.1) is 0 Å². The van der Waals surface area contributed by atoms with E-state index >= 15 is 0 Å². The summed E-state index contributed by atoms with van der Waals surface area (Å²) in [4.78, 5) is 36.9. The molecule has 0 fully saturated rings. The van der Waals surface area contributed by atoms with E-state index in [4.69, 9.17) is 0 Å². The molecule has 1 heterocycles. The number of aryl methyl sites for hydroxylation is 1. The minimum atomic E-state index is -4.66. The SMILES string of the molecule is CCC(C)(NC(=O)c1nn(-c2ccccc2C(F)(F)F)c(C)cc1=O)C(=O)OC. The molecule has 0 aliphatic rings. The van der Waals surface area contributed by atoms with Crippen molar-refractivity contribution in [2.45, 2.75) is 38.9 Å². The minimum Gasteiger partial charge on any atom is -0.467 e. The molecule has 0 saturated carbocycles. The molecule has 1 aromatic carbocycles. The standard InChI is InChI=1S/C19H20F3N3O4/c1-5-18(3,17(28)29-4)23-16(27)15-14(26)10-11(2)25(24-15)13-9-7-6-8-12(13)19(20,21)22/h6-10H,5H2,1-4H3,(H,23,27). The van der Waals surface area contributed by atoms with Crippen molar-refractivity contribution in [2.75, 3.05) is 7.11 Å². The zero-order valence-corrected chi connectivity index (χ0v) is 16.3. The van der Waals surface area contributed by atoms with Gasteiger partial charge >= 0.3 is 12.1 Å². The summed E-state index contributed by atoms with van der Waals surface area (Å²) in [6, 6.07) is 5.67. The Morgan fingerprint density at radius 2 is 1.86 bits per heavy atom. The van der Waals surface area contributed by atoms with E-state index < -0.39 is 40.3 Å². The lowest BCUT2D eigenvalue weighted by molar-refractivity contribution is -0.147. The van der Waals surface area contributed by atoms with Crippen molar-refractivity contribution in [2.24, 2.45) is 0 Å². The van der Waals surface area contributed by atoms with Crippen molar-refractivity contribution in [1.82, 2.24) is 15.1 Å². The number of carbonyl (C=O) groups is 2. The largest absolute Gasteiger partial charge is 0.467 e. The van der Waals surface area contributed by atoms with Gasteiger partial charge in [0.2, 0.25) is 5.43 Å². The number of hydrogen-bond acceptors (Lipinski definition) is 5. The second kappa shape index (κ2) is 8.06. The van der Waals surface area contributed by atoms with Crippen LogP contribution >= 0.6 is 0 Å². The number of alkyl halides is 3. The van der Waals surface area contributed by atoms with Crippen LogP contribution in [0.25, 0.3) is 5.69 Å². The molecule has 10 heteroatoms. The van der Waals surface area contributed by atoms with Gasteiger partial charge in [0.25, 0.3) is 5.91 Å². The Labute approximate surface area is 164 Å². The summed E-state index contributed by atoms with van der Waals surface area (Å²) in [5.74, 6) is -1.73. The molecule has 1 amide bonds. The highest BCUT2D eigenvalue weighted by molar-refractivity contribution is 5.96. The van der Waals surface area contributed by atoms with E-state index in [1.165, 1.54) is 32.0 Å². The van der Waals surface area contributed by atoms with Crippen molar-refractivity contribution in [3.05, 3.63) is 57.5 Å². The number of esters is 1. The zero-order valence-electron chi connectivity index (χ0n) is 16.3. The summed E-state index contributed by atoms with van der Waals surface area (Å²) in [6.07, 6.45) is -4.51. The Kier molecular flexibility index (Phi) is 6.15. The molecule has 0 radical (unpaired) electrons. The van der Waals surface area contributed by atoms with Crippen LogP contribution in [0.5, 0.6) is 0 Å². The molecular formula is C19H20F3N3O4. The van der Waals surface area contributed by atoms with Crippen LogP contribution in [0.3, 0.4) is 0 Å². The van der Waals surface area contributed by atoms with Gasteiger partial charge < -0.3 is 10.1 Å². The molecule has 2 aromatic rings. The number of ether oxygens (including phenoxy) is 1. The fourth-order valence-corrected chi connectivity index (χ4v) is 2.67. The van der Waals surface area contributed by atoms with E-state index in [1.807, 2.05) is 0 Å². The third kappa shape index (κ3) is 4.47. The maximum absolute atomic E-state index is 13.4. The molecule has 0 saturated heterocycles. The fourth-order valence-electron chi connectivity index (χ4n) is 2.67. The van der Waals surface area contributed by atoms with Gasteiger partial charge in [0.1, 0.15) is 5.54 Å². The number of halogens is 3.